The van der Waals surface area contributed by atoms with Crippen LogP contribution in [0.4, 0.5) is 0 Å². The first-order valence-electron chi connectivity index (χ1n) is 8.85. The van der Waals surface area contributed by atoms with E-state index >= 15 is 0 Å². The molecule has 0 aromatic heterocycles. The van der Waals surface area contributed by atoms with Crippen LogP contribution in [-0.4, -0.2) is 42.8 Å². The number of carbonyl (C=O) groups excluding carboxylic acids is 2. The highest BCUT2D eigenvalue weighted by Crippen LogP contribution is 2.32. The largest absolute Gasteiger partial charge is 0.484 e. The van der Waals surface area contributed by atoms with E-state index in [2.05, 4.69) is 12.1 Å². The summed E-state index contributed by atoms with van der Waals surface area (Å²) in [6.45, 7) is 3.31. The fraction of sp³-hybridized carbons (Fsp3) is 0.333. The zero-order chi connectivity index (χ0) is 18.5. The number of ketones is 1. The second-order valence-electron chi connectivity index (χ2n) is 6.68. The highest BCUT2D eigenvalue weighted by Gasteiger charge is 2.35. The molecule has 3 rings (SSSR count). The maximum Gasteiger partial charge on any atom is 0.260 e. The number of hydrogen-bond acceptors (Lipinski definition) is 4. The molecule has 2 atom stereocenters. The van der Waals surface area contributed by atoms with Crippen LogP contribution in [0, 0.1) is 5.92 Å². The Hall–Kier alpha value is -2.66. The topological polar surface area (TPSA) is 72.6 Å². The van der Waals surface area contributed by atoms with Gasteiger partial charge in [0.05, 0.1) is 0 Å². The highest BCUT2D eigenvalue weighted by molar-refractivity contribution is 5.94. The Morgan fingerprint density at radius 3 is 2.58 bits per heavy atom. The minimum atomic E-state index is -0.0601. The second-order valence-corrected chi connectivity index (χ2v) is 6.68. The summed E-state index contributed by atoms with van der Waals surface area (Å²) in [6.07, 6.45) is 0. The van der Waals surface area contributed by atoms with E-state index in [4.69, 9.17) is 10.5 Å². The van der Waals surface area contributed by atoms with E-state index in [-0.39, 0.29) is 30.1 Å². The van der Waals surface area contributed by atoms with Crippen LogP contribution in [0.5, 0.6) is 5.75 Å². The van der Waals surface area contributed by atoms with Crippen molar-refractivity contribution >= 4 is 11.7 Å². The monoisotopic (exact) mass is 352 g/mol. The molecule has 1 fully saturated rings. The standard InChI is InChI=1S/C21H24N2O3/c1-15(24)17-8-5-9-19(10-17)26-14-21(25)23-12-18(11-22)20(13-23)16-6-3-2-4-7-16/h2-10,18,20H,11-14,22H2,1H3/t18-,20+/m1/s1. The second kappa shape index (κ2) is 8.15. The number of nitrogens with two attached hydrogens (primary N) is 1. The summed E-state index contributed by atoms with van der Waals surface area (Å²) in [7, 11) is 0. The third kappa shape index (κ3) is 4.11. The third-order valence-electron chi connectivity index (χ3n) is 4.93. The maximum absolute atomic E-state index is 12.6. The van der Waals surface area contributed by atoms with Crippen molar-refractivity contribution in [3.63, 3.8) is 0 Å². The Morgan fingerprint density at radius 1 is 1.12 bits per heavy atom. The van der Waals surface area contributed by atoms with Gasteiger partial charge in [0, 0.05) is 24.6 Å². The summed E-state index contributed by atoms with van der Waals surface area (Å²) in [5, 5.41) is 0. The van der Waals surface area contributed by atoms with Crippen LogP contribution in [0.25, 0.3) is 0 Å². The number of hydrogen-bond donors (Lipinski definition) is 1. The lowest BCUT2D eigenvalue weighted by Gasteiger charge is -2.17. The molecule has 2 aromatic rings. The predicted molar refractivity (Wildman–Crippen MR) is 100 cm³/mol. The average molecular weight is 352 g/mol. The molecule has 26 heavy (non-hydrogen) atoms. The van der Waals surface area contributed by atoms with E-state index in [1.807, 2.05) is 23.1 Å². The molecule has 0 spiro atoms. The van der Waals surface area contributed by atoms with Gasteiger partial charge in [-0.3, -0.25) is 9.59 Å². The number of amides is 1. The first kappa shape index (κ1) is 18.1. The molecule has 0 aliphatic carbocycles. The van der Waals surface area contributed by atoms with Crippen LogP contribution in [0.1, 0.15) is 28.8 Å². The lowest BCUT2D eigenvalue weighted by molar-refractivity contribution is -0.132. The molecule has 2 aromatic carbocycles. The number of rotatable bonds is 6. The van der Waals surface area contributed by atoms with Crippen molar-refractivity contribution in [2.24, 2.45) is 11.7 Å². The van der Waals surface area contributed by atoms with Gasteiger partial charge >= 0.3 is 0 Å². The smallest absolute Gasteiger partial charge is 0.260 e. The van der Waals surface area contributed by atoms with Crippen molar-refractivity contribution in [2.45, 2.75) is 12.8 Å². The molecule has 0 saturated carbocycles. The summed E-state index contributed by atoms with van der Waals surface area (Å²) in [4.78, 5) is 25.8. The number of Topliss-reactive ketones (excluding diaryl/α,β-unsaturated/α-hetero) is 1. The first-order valence-corrected chi connectivity index (χ1v) is 8.85. The van der Waals surface area contributed by atoms with Crippen LogP contribution >= 0.6 is 0 Å². The van der Waals surface area contributed by atoms with Crippen LogP contribution in [0.3, 0.4) is 0 Å². The quantitative estimate of drug-likeness (QED) is 0.811. The number of benzene rings is 2. The zero-order valence-electron chi connectivity index (χ0n) is 14.9. The summed E-state index contributed by atoms with van der Waals surface area (Å²) in [6, 6.07) is 17.1. The Bertz CT molecular complexity index is 776. The van der Waals surface area contributed by atoms with Crippen molar-refractivity contribution in [1.82, 2.24) is 4.90 Å². The third-order valence-corrected chi connectivity index (χ3v) is 4.93. The Labute approximate surface area is 153 Å². The van der Waals surface area contributed by atoms with E-state index in [0.717, 1.165) is 0 Å². The van der Waals surface area contributed by atoms with Gasteiger partial charge in [0.1, 0.15) is 5.75 Å². The van der Waals surface area contributed by atoms with Crippen molar-refractivity contribution in [1.29, 1.82) is 0 Å². The van der Waals surface area contributed by atoms with Crippen molar-refractivity contribution < 1.29 is 14.3 Å². The minimum Gasteiger partial charge on any atom is -0.484 e. The van der Waals surface area contributed by atoms with Crippen LogP contribution < -0.4 is 10.5 Å². The van der Waals surface area contributed by atoms with E-state index < -0.39 is 0 Å². The van der Waals surface area contributed by atoms with Gasteiger partial charge in [-0.1, -0.05) is 42.5 Å². The number of nitrogens with zero attached hydrogens (tertiary/aromatic N) is 1. The fourth-order valence-corrected chi connectivity index (χ4v) is 3.43. The molecule has 1 saturated heterocycles. The Kier molecular flexibility index (Phi) is 5.68. The number of likely N-dealkylation sites (tertiary alicyclic amines) is 1. The van der Waals surface area contributed by atoms with Gasteiger partial charge in [-0.25, -0.2) is 0 Å². The molecule has 1 aliphatic heterocycles. The minimum absolute atomic E-state index is 0.0298. The zero-order valence-corrected chi connectivity index (χ0v) is 14.9. The molecular weight excluding hydrogens is 328 g/mol. The molecule has 136 valence electrons. The van der Waals surface area contributed by atoms with Gasteiger partial charge in [-0.2, -0.15) is 0 Å². The van der Waals surface area contributed by atoms with E-state index in [1.165, 1.54) is 12.5 Å². The van der Waals surface area contributed by atoms with Crippen LogP contribution in [0.15, 0.2) is 54.6 Å². The Balaban J connectivity index is 1.62. The molecule has 1 amide bonds. The van der Waals surface area contributed by atoms with Gasteiger partial charge in [0.25, 0.3) is 5.91 Å². The summed E-state index contributed by atoms with van der Waals surface area (Å²) in [5.74, 6) is 0.946. The molecule has 5 nitrogen and oxygen atoms in total. The first-order chi connectivity index (χ1) is 12.6. The fourth-order valence-electron chi connectivity index (χ4n) is 3.43. The van der Waals surface area contributed by atoms with E-state index in [0.29, 0.717) is 30.9 Å². The molecule has 5 heteroatoms. The maximum atomic E-state index is 12.6. The van der Waals surface area contributed by atoms with Crippen molar-refractivity contribution in [2.75, 3.05) is 26.2 Å². The molecule has 1 aliphatic rings. The van der Waals surface area contributed by atoms with Crippen LogP contribution in [0.2, 0.25) is 0 Å². The van der Waals surface area contributed by atoms with Gasteiger partial charge < -0.3 is 15.4 Å². The van der Waals surface area contributed by atoms with Crippen LogP contribution in [-0.2, 0) is 4.79 Å². The molecule has 0 bridgehead atoms. The average Bonchev–Trinajstić information content (AvgIpc) is 3.11. The summed E-state index contributed by atoms with van der Waals surface area (Å²) in [5.41, 5.74) is 7.72. The predicted octanol–water partition coefficient (Wildman–Crippen LogP) is 2.47. The van der Waals surface area contributed by atoms with E-state index in [9.17, 15) is 9.59 Å². The molecule has 1 heterocycles. The molecular formula is C21H24N2O3. The molecule has 0 radical (unpaired) electrons. The van der Waals surface area contributed by atoms with Crippen molar-refractivity contribution in [3.05, 3.63) is 65.7 Å². The SMILES string of the molecule is CC(=O)c1cccc(OCC(=O)N2C[C@@H](CN)[C@H](c3ccccc3)C2)c1. The number of ether oxygens (including phenoxy) is 1. The van der Waals surface area contributed by atoms with Crippen molar-refractivity contribution in [3.8, 4) is 5.75 Å². The van der Waals surface area contributed by atoms with E-state index in [1.54, 1.807) is 24.3 Å². The lowest BCUT2D eigenvalue weighted by Crippen LogP contribution is -2.33. The Morgan fingerprint density at radius 2 is 1.88 bits per heavy atom. The lowest BCUT2D eigenvalue weighted by atomic mass is 9.89. The normalized spacial score (nSPS) is 19.4. The molecule has 2 N–H and O–H groups in total. The summed E-state index contributed by atoms with van der Waals surface area (Å²) < 4.78 is 5.61. The molecule has 0 unspecified atom stereocenters. The number of carbonyl (C=O) groups is 2. The van der Waals surface area contributed by atoms with Gasteiger partial charge in [0.15, 0.2) is 12.4 Å². The van der Waals surface area contributed by atoms with Gasteiger partial charge in [0.2, 0.25) is 0 Å². The van der Waals surface area contributed by atoms with Gasteiger partial charge in [-0.05, 0) is 37.1 Å². The van der Waals surface area contributed by atoms with Gasteiger partial charge in [-0.15, -0.1) is 0 Å². The summed E-state index contributed by atoms with van der Waals surface area (Å²) >= 11 is 0. The highest BCUT2D eigenvalue weighted by atomic mass is 16.5.